The number of thiophene rings is 1. The maximum absolute atomic E-state index is 12.3. The smallest absolute Gasteiger partial charge is 0.266 e. The predicted octanol–water partition coefficient (Wildman–Crippen LogP) is 4.71. The van der Waals surface area contributed by atoms with Crippen LogP contribution in [-0.4, -0.2) is 15.7 Å². The lowest BCUT2D eigenvalue weighted by Crippen LogP contribution is -2.13. The van der Waals surface area contributed by atoms with Gasteiger partial charge in [0, 0.05) is 10.7 Å². The number of carbonyl (C=O) groups excluding carboxylic acids is 1. The summed E-state index contributed by atoms with van der Waals surface area (Å²) in [6.07, 6.45) is 3.54. The summed E-state index contributed by atoms with van der Waals surface area (Å²) in [5, 5.41) is 9.04. The summed E-state index contributed by atoms with van der Waals surface area (Å²) >= 11 is 8.14. The van der Waals surface area contributed by atoms with Gasteiger partial charge in [0.15, 0.2) is 0 Å². The first-order valence-electron chi connectivity index (χ1n) is 5.99. The van der Waals surface area contributed by atoms with Crippen molar-refractivity contribution in [3.05, 3.63) is 61.9 Å². The number of benzene rings is 1. The lowest BCUT2D eigenvalue weighted by molar-refractivity contribution is 0.103. The van der Waals surface area contributed by atoms with E-state index in [4.69, 9.17) is 0 Å². The van der Waals surface area contributed by atoms with Crippen LogP contribution in [0.5, 0.6) is 0 Å². The summed E-state index contributed by atoms with van der Waals surface area (Å²) in [7, 11) is 0. The summed E-state index contributed by atoms with van der Waals surface area (Å²) in [5.74, 6) is -0.143. The maximum atomic E-state index is 12.3. The number of hydrogen-bond acceptors (Lipinski definition) is 3. The highest BCUT2D eigenvalue weighted by Crippen LogP contribution is 2.26. The number of anilines is 1. The molecular formula is C14H9Br2N3OS. The van der Waals surface area contributed by atoms with E-state index in [9.17, 15) is 4.79 Å². The molecule has 0 aliphatic carbocycles. The zero-order chi connectivity index (χ0) is 14.8. The van der Waals surface area contributed by atoms with Crippen LogP contribution in [0.1, 0.15) is 9.67 Å². The molecule has 1 aromatic carbocycles. The third-order valence-electron chi connectivity index (χ3n) is 2.77. The van der Waals surface area contributed by atoms with Gasteiger partial charge in [0.1, 0.15) is 4.88 Å². The molecule has 3 rings (SSSR count). The minimum Gasteiger partial charge on any atom is -0.319 e. The average molecular weight is 427 g/mol. The van der Waals surface area contributed by atoms with Crippen molar-refractivity contribution in [3.8, 4) is 5.69 Å². The molecule has 1 amide bonds. The first kappa shape index (κ1) is 14.5. The molecule has 0 bridgehead atoms. The lowest BCUT2D eigenvalue weighted by Gasteiger charge is -2.10. The Labute approximate surface area is 142 Å². The van der Waals surface area contributed by atoms with Gasteiger partial charge in [-0.25, -0.2) is 4.68 Å². The van der Waals surface area contributed by atoms with Crippen LogP contribution in [0, 0.1) is 0 Å². The first-order valence-corrected chi connectivity index (χ1v) is 8.45. The highest BCUT2D eigenvalue weighted by Gasteiger charge is 2.14. The minimum atomic E-state index is -0.143. The minimum absolute atomic E-state index is 0.143. The molecule has 3 aromatic rings. The largest absolute Gasteiger partial charge is 0.319 e. The fourth-order valence-electron chi connectivity index (χ4n) is 1.85. The van der Waals surface area contributed by atoms with E-state index >= 15 is 0 Å². The van der Waals surface area contributed by atoms with E-state index in [2.05, 4.69) is 42.3 Å². The number of rotatable bonds is 3. The number of nitrogens with one attached hydrogen (secondary N) is 1. The molecule has 0 aliphatic rings. The van der Waals surface area contributed by atoms with E-state index in [1.807, 2.05) is 41.9 Å². The van der Waals surface area contributed by atoms with Crippen molar-refractivity contribution in [2.75, 3.05) is 5.32 Å². The van der Waals surface area contributed by atoms with E-state index in [1.54, 1.807) is 10.9 Å². The summed E-state index contributed by atoms with van der Waals surface area (Å²) in [6.45, 7) is 0. The Morgan fingerprint density at radius 3 is 2.71 bits per heavy atom. The molecule has 7 heteroatoms. The van der Waals surface area contributed by atoms with E-state index in [0.29, 0.717) is 10.6 Å². The molecule has 2 aromatic heterocycles. The van der Waals surface area contributed by atoms with Gasteiger partial charge in [-0.15, -0.1) is 11.3 Å². The summed E-state index contributed by atoms with van der Waals surface area (Å²) in [4.78, 5) is 13.0. The Bertz CT molecular complexity index is 797. The normalized spacial score (nSPS) is 10.6. The Hall–Kier alpha value is -1.44. The van der Waals surface area contributed by atoms with Crippen molar-refractivity contribution in [1.82, 2.24) is 9.78 Å². The second kappa shape index (κ2) is 6.13. The number of aromatic nitrogens is 2. The second-order valence-electron chi connectivity index (χ2n) is 4.17. The van der Waals surface area contributed by atoms with Crippen molar-refractivity contribution in [1.29, 1.82) is 0 Å². The fourth-order valence-corrected chi connectivity index (χ4v) is 3.58. The van der Waals surface area contributed by atoms with Crippen molar-refractivity contribution in [2.45, 2.75) is 0 Å². The van der Waals surface area contributed by atoms with Crippen LogP contribution in [0.4, 0.5) is 5.69 Å². The monoisotopic (exact) mass is 425 g/mol. The zero-order valence-corrected chi connectivity index (χ0v) is 14.6. The molecule has 0 radical (unpaired) electrons. The topological polar surface area (TPSA) is 46.9 Å². The molecule has 2 heterocycles. The zero-order valence-electron chi connectivity index (χ0n) is 10.6. The van der Waals surface area contributed by atoms with Gasteiger partial charge in [0.25, 0.3) is 5.91 Å². The number of halogens is 2. The van der Waals surface area contributed by atoms with Gasteiger partial charge in [-0.2, -0.15) is 5.10 Å². The maximum Gasteiger partial charge on any atom is 0.266 e. The second-order valence-corrected chi connectivity index (χ2v) is 6.86. The Morgan fingerprint density at radius 1 is 1.24 bits per heavy atom. The van der Waals surface area contributed by atoms with Gasteiger partial charge in [-0.3, -0.25) is 4.79 Å². The highest BCUT2D eigenvalue weighted by molar-refractivity contribution is 9.10. The van der Waals surface area contributed by atoms with Gasteiger partial charge in [-0.05, 0) is 55.4 Å². The summed E-state index contributed by atoms with van der Waals surface area (Å²) in [6, 6.07) is 9.39. The summed E-state index contributed by atoms with van der Waals surface area (Å²) in [5.41, 5.74) is 1.52. The molecular weight excluding hydrogens is 418 g/mol. The van der Waals surface area contributed by atoms with E-state index < -0.39 is 0 Å². The number of para-hydroxylation sites is 2. The number of amides is 1. The molecule has 0 spiro atoms. The van der Waals surface area contributed by atoms with Gasteiger partial charge in [-0.1, -0.05) is 12.1 Å². The third-order valence-corrected chi connectivity index (χ3v) is 5.02. The number of nitrogens with zero attached hydrogens (tertiary/aromatic N) is 2. The molecule has 4 nitrogen and oxygen atoms in total. The van der Waals surface area contributed by atoms with Crippen molar-refractivity contribution in [2.24, 2.45) is 0 Å². The molecule has 0 fully saturated rings. The molecule has 0 saturated heterocycles. The van der Waals surface area contributed by atoms with Crippen LogP contribution >= 0.6 is 43.2 Å². The molecule has 0 unspecified atom stereocenters. The number of carbonyl (C=O) groups is 1. The van der Waals surface area contributed by atoms with Crippen LogP contribution < -0.4 is 5.32 Å². The quantitative estimate of drug-likeness (QED) is 0.659. The number of hydrogen-bond donors (Lipinski definition) is 1. The van der Waals surface area contributed by atoms with Gasteiger partial charge in [0.05, 0.1) is 22.0 Å². The van der Waals surface area contributed by atoms with Gasteiger partial charge >= 0.3 is 0 Å². The molecule has 0 aliphatic heterocycles. The molecule has 0 saturated carbocycles. The van der Waals surface area contributed by atoms with Crippen LogP contribution in [0.15, 0.2) is 57.1 Å². The highest BCUT2D eigenvalue weighted by atomic mass is 79.9. The Balaban J connectivity index is 1.93. The van der Waals surface area contributed by atoms with Gasteiger partial charge < -0.3 is 5.32 Å². The van der Waals surface area contributed by atoms with Crippen LogP contribution in [0.2, 0.25) is 0 Å². The molecule has 1 N–H and O–H groups in total. The summed E-state index contributed by atoms with van der Waals surface area (Å²) < 4.78 is 3.39. The van der Waals surface area contributed by atoms with Gasteiger partial charge in [0.2, 0.25) is 0 Å². The molecule has 0 atom stereocenters. The molecule has 21 heavy (non-hydrogen) atoms. The van der Waals surface area contributed by atoms with Crippen molar-refractivity contribution >= 4 is 54.8 Å². The third kappa shape index (κ3) is 3.09. The Kier molecular flexibility index (Phi) is 4.23. The lowest BCUT2D eigenvalue weighted by atomic mass is 10.2. The van der Waals surface area contributed by atoms with Crippen molar-refractivity contribution < 1.29 is 4.79 Å². The Morgan fingerprint density at radius 2 is 2.05 bits per heavy atom. The fraction of sp³-hybridized carbons (Fsp3) is 0. The molecule has 106 valence electrons. The van der Waals surface area contributed by atoms with E-state index in [-0.39, 0.29) is 5.91 Å². The van der Waals surface area contributed by atoms with Crippen LogP contribution in [0.3, 0.4) is 0 Å². The van der Waals surface area contributed by atoms with E-state index in [1.165, 1.54) is 11.3 Å². The average Bonchev–Trinajstić information content (AvgIpc) is 3.08. The predicted molar refractivity (Wildman–Crippen MR) is 91.2 cm³/mol. The van der Waals surface area contributed by atoms with Crippen LogP contribution in [0.25, 0.3) is 5.69 Å². The van der Waals surface area contributed by atoms with Crippen molar-refractivity contribution in [3.63, 3.8) is 0 Å². The van der Waals surface area contributed by atoms with E-state index in [0.717, 1.165) is 14.6 Å². The standard InChI is InChI=1S/C14H9Br2N3OS/c15-9-7-17-19(8-9)12-4-2-1-3-11(12)18-14(20)13-10(16)5-6-21-13/h1-8H,(H,18,20). The SMILES string of the molecule is O=C(Nc1ccccc1-n1cc(Br)cn1)c1sccc1Br. The van der Waals surface area contributed by atoms with Crippen LogP contribution in [-0.2, 0) is 0 Å². The first-order chi connectivity index (χ1) is 10.1.